The second kappa shape index (κ2) is 7.70. The van der Waals surface area contributed by atoms with Crippen LogP contribution in [-0.2, 0) is 9.53 Å². The van der Waals surface area contributed by atoms with Crippen molar-refractivity contribution in [2.24, 2.45) is 5.92 Å². The predicted octanol–water partition coefficient (Wildman–Crippen LogP) is 4.01. The highest BCUT2D eigenvalue weighted by molar-refractivity contribution is 9.10. The average molecular weight is 301 g/mol. The summed E-state index contributed by atoms with van der Waals surface area (Å²) in [6.07, 6.45) is 8.48. The molecule has 0 spiro atoms. The summed E-state index contributed by atoms with van der Waals surface area (Å²) in [4.78, 5) is 11.7. The third-order valence-corrected chi connectivity index (χ3v) is 3.92. The van der Waals surface area contributed by atoms with E-state index in [1.165, 1.54) is 0 Å². The lowest BCUT2D eigenvalue weighted by Crippen LogP contribution is -2.24. The van der Waals surface area contributed by atoms with Crippen LogP contribution in [-0.4, -0.2) is 17.2 Å². The van der Waals surface area contributed by atoms with Crippen molar-refractivity contribution in [3.8, 4) is 0 Å². The molecule has 0 bridgehead atoms. The van der Waals surface area contributed by atoms with E-state index in [1.807, 2.05) is 13.0 Å². The predicted molar refractivity (Wildman–Crippen MR) is 74.2 cm³/mol. The minimum atomic E-state index is 0.0656. The van der Waals surface area contributed by atoms with Gasteiger partial charge in [0, 0.05) is 12.8 Å². The van der Waals surface area contributed by atoms with Crippen molar-refractivity contribution in [1.29, 1.82) is 0 Å². The SMILES string of the molecule is C=CCC/C(=C\C1CCC(Br)C(=O)C1)OCC. The van der Waals surface area contributed by atoms with Crippen LogP contribution in [0.15, 0.2) is 24.5 Å². The van der Waals surface area contributed by atoms with Crippen molar-refractivity contribution < 1.29 is 9.53 Å². The molecule has 0 radical (unpaired) electrons. The molecule has 96 valence electrons. The highest BCUT2D eigenvalue weighted by Crippen LogP contribution is 2.28. The van der Waals surface area contributed by atoms with Gasteiger partial charge in [0.05, 0.1) is 17.2 Å². The molecule has 2 atom stereocenters. The van der Waals surface area contributed by atoms with Gasteiger partial charge in [-0.1, -0.05) is 22.0 Å². The maximum absolute atomic E-state index is 11.6. The first kappa shape index (κ1) is 14.5. The molecule has 0 aliphatic heterocycles. The molecule has 2 nitrogen and oxygen atoms in total. The molecule has 1 rings (SSSR count). The van der Waals surface area contributed by atoms with Gasteiger partial charge < -0.3 is 4.74 Å². The van der Waals surface area contributed by atoms with Crippen molar-refractivity contribution in [2.45, 2.75) is 43.9 Å². The van der Waals surface area contributed by atoms with E-state index >= 15 is 0 Å². The van der Waals surface area contributed by atoms with Gasteiger partial charge in [-0.3, -0.25) is 4.79 Å². The van der Waals surface area contributed by atoms with E-state index in [1.54, 1.807) is 0 Å². The summed E-state index contributed by atoms with van der Waals surface area (Å²) in [5, 5.41) is 0. The minimum absolute atomic E-state index is 0.0656. The van der Waals surface area contributed by atoms with Crippen LogP contribution in [0.2, 0.25) is 0 Å². The quantitative estimate of drug-likeness (QED) is 0.421. The zero-order valence-electron chi connectivity index (χ0n) is 10.5. The molecule has 0 saturated heterocycles. The van der Waals surface area contributed by atoms with Gasteiger partial charge in [0.2, 0.25) is 0 Å². The molecule has 0 aromatic rings. The number of carbonyl (C=O) groups is 1. The van der Waals surface area contributed by atoms with Gasteiger partial charge >= 0.3 is 0 Å². The number of hydrogen-bond acceptors (Lipinski definition) is 2. The van der Waals surface area contributed by atoms with Gasteiger partial charge in [-0.05, 0) is 38.2 Å². The highest BCUT2D eigenvalue weighted by atomic mass is 79.9. The monoisotopic (exact) mass is 300 g/mol. The van der Waals surface area contributed by atoms with Gasteiger partial charge in [0.1, 0.15) is 5.78 Å². The number of alkyl halides is 1. The molecule has 0 heterocycles. The first-order valence-electron chi connectivity index (χ1n) is 6.28. The third kappa shape index (κ3) is 5.07. The summed E-state index contributed by atoms with van der Waals surface area (Å²) in [5.74, 6) is 1.68. The lowest BCUT2D eigenvalue weighted by Gasteiger charge is -2.22. The molecular formula is C14H21BrO2. The van der Waals surface area contributed by atoms with Gasteiger partial charge in [0.15, 0.2) is 0 Å². The van der Waals surface area contributed by atoms with Crippen LogP contribution in [0.25, 0.3) is 0 Å². The second-order valence-corrected chi connectivity index (χ2v) is 5.47. The fourth-order valence-corrected chi connectivity index (χ4v) is 2.50. The van der Waals surface area contributed by atoms with Gasteiger partial charge in [-0.25, -0.2) is 0 Å². The van der Waals surface area contributed by atoms with Crippen LogP contribution >= 0.6 is 15.9 Å². The molecule has 3 heteroatoms. The first-order valence-corrected chi connectivity index (χ1v) is 7.20. The molecule has 1 fully saturated rings. The molecule has 1 aliphatic rings. The Bertz CT molecular complexity index is 297. The van der Waals surface area contributed by atoms with Crippen LogP contribution in [0.4, 0.5) is 0 Å². The smallest absolute Gasteiger partial charge is 0.147 e. The highest BCUT2D eigenvalue weighted by Gasteiger charge is 2.25. The van der Waals surface area contributed by atoms with E-state index in [4.69, 9.17) is 4.74 Å². The summed E-state index contributed by atoms with van der Waals surface area (Å²) >= 11 is 3.41. The van der Waals surface area contributed by atoms with Crippen molar-refractivity contribution in [2.75, 3.05) is 6.61 Å². The van der Waals surface area contributed by atoms with Crippen molar-refractivity contribution in [3.63, 3.8) is 0 Å². The Morgan fingerprint density at radius 2 is 2.35 bits per heavy atom. The van der Waals surface area contributed by atoms with E-state index < -0.39 is 0 Å². The van der Waals surface area contributed by atoms with E-state index in [9.17, 15) is 4.79 Å². The Kier molecular flexibility index (Phi) is 6.56. The summed E-state index contributed by atoms with van der Waals surface area (Å²) in [5.41, 5.74) is 0. The summed E-state index contributed by atoms with van der Waals surface area (Å²) in [6, 6.07) is 0. The molecular weight excluding hydrogens is 280 g/mol. The standard InChI is InChI=1S/C14H21BrO2/c1-3-5-6-12(17-4-2)9-11-7-8-13(15)14(16)10-11/h3,9,11,13H,1,4-8,10H2,2H3/b12-9+. The zero-order chi connectivity index (χ0) is 12.7. The van der Waals surface area contributed by atoms with Crippen LogP contribution in [0.3, 0.4) is 0 Å². The maximum Gasteiger partial charge on any atom is 0.147 e. The number of allylic oxidation sites excluding steroid dienone is 3. The second-order valence-electron chi connectivity index (χ2n) is 4.37. The number of carbonyl (C=O) groups excluding carboxylic acids is 1. The summed E-state index contributed by atoms with van der Waals surface area (Å²) in [6.45, 7) is 6.39. The Hall–Kier alpha value is -0.570. The van der Waals surface area contributed by atoms with Crippen LogP contribution < -0.4 is 0 Å². The molecule has 0 N–H and O–H groups in total. The van der Waals surface area contributed by atoms with Crippen molar-refractivity contribution >= 4 is 21.7 Å². The number of rotatable bonds is 6. The maximum atomic E-state index is 11.6. The fraction of sp³-hybridized carbons (Fsp3) is 0.643. The van der Waals surface area contributed by atoms with Crippen LogP contribution in [0, 0.1) is 5.92 Å². The molecule has 0 aromatic carbocycles. The lowest BCUT2D eigenvalue weighted by molar-refractivity contribution is -0.120. The van der Waals surface area contributed by atoms with Crippen molar-refractivity contribution in [1.82, 2.24) is 0 Å². The van der Waals surface area contributed by atoms with Gasteiger partial charge in [0.25, 0.3) is 0 Å². The normalized spacial score (nSPS) is 25.8. The third-order valence-electron chi connectivity index (χ3n) is 2.95. The summed E-state index contributed by atoms with van der Waals surface area (Å²) < 4.78 is 5.60. The lowest BCUT2D eigenvalue weighted by atomic mass is 9.87. The Morgan fingerprint density at radius 3 is 2.94 bits per heavy atom. The number of halogens is 1. The number of ether oxygens (including phenoxy) is 1. The number of Topliss-reactive ketones (excluding diaryl/α,β-unsaturated/α-hetero) is 1. The number of ketones is 1. The van der Waals surface area contributed by atoms with E-state index in [0.29, 0.717) is 24.7 Å². The van der Waals surface area contributed by atoms with Gasteiger partial charge in [-0.15, -0.1) is 6.58 Å². The average Bonchev–Trinajstić information content (AvgIpc) is 2.31. The fourth-order valence-electron chi connectivity index (χ4n) is 2.05. The van der Waals surface area contributed by atoms with E-state index in [0.717, 1.165) is 31.4 Å². The van der Waals surface area contributed by atoms with E-state index in [-0.39, 0.29) is 4.83 Å². The largest absolute Gasteiger partial charge is 0.499 e. The Morgan fingerprint density at radius 1 is 1.59 bits per heavy atom. The zero-order valence-corrected chi connectivity index (χ0v) is 12.0. The molecule has 0 amide bonds. The van der Waals surface area contributed by atoms with Crippen LogP contribution in [0.5, 0.6) is 0 Å². The molecule has 2 unspecified atom stereocenters. The van der Waals surface area contributed by atoms with Crippen molar-refractivity contribution in [3.05, 3.63) is 24.5 Å². The number of hydrogen-bond donors (Lipinski definition) is 0. The van der Waals surface area contributed by atoms with Crippen LogP contribution in [0.1, 0.15) is 39.0 Å². The van der Waals surface area contributed by atoms with E-state index in [2.05, 4.69) is 28.6 Å². The Labute approximate surface area is 112 Å². The Balaban J connectivity index is 2.56. The first-order chi connectivity index (χ1) is 8.17. The molecule has 17 heavy (non-hydrogen) atoms. The molecule has 0 aromatic heterocycles. The molecule has 1 saturated carbocycles. The van der Waals surface area contributed by atoms with Gasteiger partial charge in [-0.2, -0.15) is 0 Å². The topological polar surface area (TPSA) is 26.3 Å². The minimum Gasteiger partial charge on any atom is -0.499 e. The molecule has 1 aliphatic carbocycles. The summed E-state index contributed by atoms with van der Waals surface area (Å²) in [7, 11) is 0.